The third-order valence-corrected chi connectivity index (χ3v) is 3.54. The average molecular weight is 277 g/mol. The van der Waals surface area contributed by atoms with E-state index in [4.69, 9.17) is 0 Å². The molecule has 1 amide bonds. The first kappa shape index (κ1) is 13.3. The minimum atomic E-state index is -0.0983. The molecule has 1 aliphatic rings. The molecule has 0 aromatic heterocycles. The maximum Gasteiger partial charge on any atom is 0.251 e. The molecular formula is C18H15NO2. The Balaban J connectivity index is 1.85. The number of carbonyl (C=O) groups excluding carboxylic acids is 2. The van der Waals surface area contributed by atoms with E-state index in [0.29, 0.717) is 24.2 Å². The van der Waals surface area contributed by atoms with Gasteiger partial charge in [-0.1, -0.05) is 42.5 Å². The molecule has 1 aliphatic heterocycles. The Hall–Kier alpha value is -2.68. The molecule has 0 aliphatic carbocycles. The Morgan fingerprint density at radius 2 is 1.71 bits per heavy atom. The molecule has 0 atom stereocenters. The van der Waals surface area contributed by atoms with Crippen LogP contribution in [0, 0.1) is 0 Å². The monoisotopic (exact) mass is 277 g/mol. The fourth-order valence-electron chi connectivity index (χ4n) is 2.46. The molecule has 1 heterocycles. The van der Waals surface area contributed by atoms with Crippen molar-refractivity contribution in [3.63, 3.8) is 0 Å². The smallest absolute Gasteiger partial charge is 0.251 e. The van der Waals surface area contributed by atoms with Gasteiger partial charge in [0.2, 0.25) is 0 Å². The van der Waals surface area contributed by atoms with Gasteiger partial charge in [0.05, 0.1) is 5.69 Å². The fourth-order valence-corrected chi connectivity index (χ4v) is 2.46. The van der Waals surface area contributed by atoms with Gasteiger partial charge in [-0.25, -0.2) is 0 Å². The summed E-state index contributed by atoms with van der Waals surface area (Å²) in [4.78, 5) is 25.9. The Bertz CT molecular complexity index is 704. The summed E-state index contributed by atoms with van der Waals surface area (Å²) in [6.07, 6.45) is 3.73. The quantitative estimate of drug-likeness (QED) is 0.790. The van der Waals surface area contributed by atoms with Crippen molar-refractivity contribution in [3.8, 4) is 0 Å². The molecular weight excluding hydrogens is 262 g/mol. The van der Waals surface area contributed by atoms with Crippen LogP contribution < -0.4 is 4.90 Å². The zero-order valence-corrected chi connectivity index (χ0v) is 11.5. The fraction of sp³-hybridized carbons (Fsp3) is 0.111. The lowest BCUT2D eigenvalue weighted by Gasteiger charge is -2.27. The van der Waals surface area contributed by atoms with Gasteiger partial charge in [0.25, 0.3) is 5.91 Å². The van der Waals surface area contributed by atoms with Crippen LogP contribution in [-0.4, -0.2) is 18.2 Å². The second-order valence-electron chi connectivity index (χ2n) is 4.92. The van der Waals surface area contributed by atoms with Gasteiger partial charge in [-0.2, -0.15) is 0 Å². The van der Waals surface area contributed by atoms with Crippen LogP contribution in [0.25, 0.3) is 6.08 Å². The van der Waals surface area contributed by atoms with Gasteiger partial charge < -0.3 is 4.90 Å². The summed E-state index contributed by atoms with van der Waals surface area (Å²) in [5.41, 5.74) is 2.31. The maximum absolute atomic E-state index is 12.4. The summed E-state index contributed by atoms with van der Waals surface area (Å²) in [7, 11) is 0. The van der Waals surface area contributed by atoms with Gasteiger partial charge in [-0.3, -0.25) is 9.59 Å². The number of Topliss-reactive ketones (excluding diaryl/α,β-unsaturated/α-hetero) is 1. The molecule has 3 rings (SSSR count). The van der Waals surface area contributed by atoms with Crippen LogP contribution in [0.5, 0.6) is 0 Å². The van der Waals surface area contributed by atoms with E-state index in [-0.39, 0.29) is 11.7 Å². The lowest BCUT2D eigenvalue weighted by Crippen LogP contribution is -2.36. The Morgan fingerprint density at radius 3 is 2.52 bits per heavy atom. The number of hydrogen-bond acceptors (Lipinski definition) is 2. The van der Waals surface area contributed by atoms with Crippen molar-refractivity contribution in [1.29, 1.82) is 0 Å². The summed E-state index contributed by atoms with van der Waals surface area (Å²) in [6.45, 7) is 0.438. The lowest BCUT2D eigenvalue weighted by atomic mass is 10.0. The predicted octanol–water partition coefficient (Wildman–Crippen LogP) is 3.32. The molecule has 0 saturated heterocycles. The predicted molar refractivity (Wildman–Crippen MR) is 83.2 cm³/mol. The number of ketones is 1. The maximum atomic E-state index is 12.4. The number of para-hydroxylation sites is 1. The second kappa shape index (κ2) is 5.75. The zero-order chi connectivity index (χ0) is 14.7. The molecule has 0 N–H and O–H groups in total. The topological polar surface area (TPSA) is 37.4 Å². The minimum Gasteiger partial charge on any atom is -0.308 e. The molecule has 3 heteroatoms. The van der Waals surface area contributed by atoms with Crippen LogP contribution in [0.2, 0.25) is 0 Å². The second-order valence-corrected chi connectivity index (χ2v) is 4.92. The standard InChI is InChI=1S/C18H15NO2/c20-17-12-13-19(16-9-5-4-8-15(16)17)18(21)11-10-14-6-2-1-3-7-14/h1-11H,12-13H2/b11-10+. The number of rotatable bonds is 2. The Kier molecular flexibility index (Phi) is 3.65. The summed E-state index contributed by atoms with van der Waals surface area (Å²) in [5, 5.41) is 0. The van der Waals surface area contributed by atoms with Crippen molar-refractivity contribution in [3.05, 3.63) is 71.8 Å². The molecule has 21 heavy (non-hydrogen) atoms. The summed E-state index contributed by atoms with van der Waals surface area (Å²) in [5.74, 6) is 0.000456. The number of carbonyl (C=O) groups is 2. The van der Waals surface area contributed by atoms with Crippen LogP contribution in [-0.2, 0) is 4.79 Å². The van der Waals surface area contributed by atoms with E-state index >= 15 is 0 Å². The lowest BCUT2D eigenvalue weighted by molar-refractivity contribution is -0.114. The van der Waals surface area contributed by atoms with Crippen molar-refractivity contribution in [2.75, 3.05) is 11.4 Å². The summed E-state index contributed by atoms with van der Waals surface area (Å²) < 4.78 is 0. The van der Waals surface area contributed by atoms with Crippen LogP contribution in [0.3, 0.4) is 0 Å². The van der Waals surface area contributed by atoms with Crippen molar-refractivity contribution in [1.82, 2.24) is 0 Å². The van der Waals surface area contributed by atoms with E-state index < -0.39 is 0 Å². The third-order valence-electron chi connectivity index (χ3n) is 3.54. The first-order valence-corrected chi connectivity index (χ1v) is 6.92. The Labute approximate surface area is 123 Å². The molecule has 3 nitrogen and oxygen atoms in total. The first-order chi connectivity index (χ1) is 10.3. The van der Waals surface area contributed by atoms with E-state index in [1.54, 1.807) is 23.1 Å². The number of nitrogens with zero attached hydrogens (tertiary/aromatic N) is 1. The SMILES string of the molecule is O=C1CCN(C(=O)/C=C/c2ccccc2)c2ccccc21. The van der Waals surface area contributed by atoms with Crippen LogP contribution in [0.1, 0.15) is 22.3 Å². The summed E-state index contributed by atoms with van der Waals surface area (Å²) >= 11 is 0. The first-order valence-electron chi connectivity index (χ1n) is 6.92. The zero-order valence-electron chi connectivity index (χ0n) is 11.5. The highest BCUT2D eigenvalue weighted by atomic mass is 16.2. The summed E-state index contributed by atoms with van der Waals surface area (Å²) in [6, 6.07) is 16.9. The number of benzene rings is 2. The van der Waals surface area contributed by atoms with Crippen molar-refractivity contribution in [2.45, 2.75) is 6.42 Å². The molecule has 0 saturated carbocycles. The minimum absolute atomic E-state index is 0.0983. The van der Waals surface area contributed by atoms with E-state index in [1.165, 1.54) is 0 Å². The molecule has 104 valence electrons. The van der Waals surface area contributed by atoms with E-state index in [2.05, 4.69) is 0 Å². The largest absolute Gasteiger partial charge is 0.308 e. The normalized spacial score (nSPS) is 14.3. The van der Waals surface area contributed by atoms with Crippen molar-refractivity contribution >= 4 is 23.5 Å². The molecule has 2 aromatic carbocycles. The highest BCUT2D eigenvalue weighted by molar-refractivity contribution is 6.12. The van der Waals surface area contributed by atoms with Crippen LogP contribution >= 0.6 is 0 Å². The van der Waals surface area contributed by atoms with Gasteiger partial charge in [-0.05, 0) is 23.8 Å². The molecule has 0 bridgehead atoms. The van der Waals surface area contributed by atoms with Gasteiger partial charge in [-0.15, -0.1) is 0 Å². The molecule has 2 aromatic rings. The van der Waals surface area contributed by atoms with E-state index in [9.17, 15) is 9.59 Å². The molecule has 0 unspecified atom stereocenters. The Morgan fingerprint density at radius 1 is 1.00 bits per heavy atom. The van der Waals surface area contributed by atoms with Crippen LogP contribution in [0.4, 0.5) is 5.69 Å². The van der Waals surface area contributed by atoms with Crippen molar-refractivity contribution < 1.29 is 9.59 Å². The third kappa shape index (κ3) is 2.77. The van der Waals surface area contributed by atoms with Crippen LogP contribution in [0.15, 0.2) is 60.7 Å². The number of hydrogen-bond donors (Lipinski definition) is 0. The highest BCUT2D eigenvalue weighted by Gasteiger charge is 2.25. The number of amides is 1. The highest BCUT2D eigenvalue weighted by Crippen LogP contribution is 2.26. The van der Waals surface area contributed by atoms with Gasteiger partial charge >= 0.3 is 0 Å². The van der Waals surface area contributed by atoms with Gasteiger partial charge in [0.15, 0.2) is 5.78 Å². The van der Waals surface area contributed by atoms with Gasteiger partial charge in [0, 0.05) is 24.6 Å². The van der Waals surface area contributed by atoms with Crippen molar-refractivity contribution in [2.24, 2.45) is 0 Å². The number of fused-ring (bicyclic) bond motifs is 1. The van der Waals surface area contributed by atoms with E-state index in [1.807, 2.05) is 48.5 Å². The molecule has 0 fully saturated rings. The van der Waals surface area contributed by atoms with E-state index in [0.717, 1.165) is 5.56 Å². The average Bonchev–Trinajstić information content (AvgIpc) is 2.54. The molecule has 0 radical (unpaired) electrons. The van der Waals surface area contributed by atoms with Gasteiger partial charge in [0.1, 0.15) is 0 Å². The number of anilines is 1. The molecule has 0 spiro atoms.